The summed E-state index contributed by atoms with van der Waals surface area (Å²) in [6.45, 7) is 18.0. The molecule has 6 heterocycles. The molecule has 4 aromatic carbocycles. The number of hydrogen-bond acceptors (Lipinski definition) is 18. The molecule has 4 aromatic heterocycles. The van der Waals surface area contributed by atoms with Crippen LogP contribution in [0.25, 0.3) is 20.4 Å². The molecule has 2 aliphatic rings. The number of benzene rings is 4. The fourth-order valence-corrected chi connectivity index (χ4v) is 11.1. The Morgan fingerprint density at radius 3 is 1.34 bits per heavy atom. The van der Waals surface area contributed by atoms with E-state index in [0.29, 0.717) is 85.9 Å². The minimum absolute atomic E-state index is 0.144. The number of amides is 4. The number of carbonyl (C=O) groups is 6. The van der Waals surface area contributed by atoms with Gasteiger partial charge in [0, 0.05) is 69.5 Å². The summed E-state index contributed by atoms with van der Waals surface area (Å²) in [6.07, 6.45) is -1.44. The molecule has 2 aliphatic heterocycles. The predicted octanol–water partition coefficient (Wildman–Crippen LogP) is 10.1. The van der Waals surface area contributed by atoms with Crippen molar-refractivity contribution in [1.29, 1.82) is 0 Å². The van der Waals surface area contributed by atoms with Crippen LogP contribution in [0, 0.1) is 0 Å². The van der Waals surface area contributed by atoms with Gasteiger partial charge >= 0.3 is 12.2 Å². The van der Waals surface area contributed by atoms with E-state index in [0.717, 1.165) is 80.7 Å². The number of halogens is 1. The Hall–Kier alpha value is -8.23. The molecule has 4 N–H and O–H groups in total. The topological polar surface area (TPSA) is 236 Å². The van der Waals surface area contributed by atoms with E-state index in [9.17, 15) is 28.8 Å². The van der Waals surface area contributed by atoms with Gasteiger partial charge in [-0.1, -0.05) is 54.1 Å². The van der Waals surface area contributed by atoms with Crippen LogP contribution in [0.1, 0.15) is 92.7 Å². The number of hydrazine groups is 2. The van der Waals surface area contributed by atoms with Gasteiger partial charge in [-0.15, -0.1) is 32.9 Å². The molecule has 0 radical (unpaired) electrons. The molecule has 10 rings (SSSR count). The van der Waals surface area contributed by atoms with E-state index in [4.69, 9.17) is 30.5 Å². The van der Waals surface area contributed by atoms with E-state index in [2.05, 4.69) is 41.5 Å². The first-order chi connectivity index (χ1) is 40.5. The summed E-state index contributed by atoms with van der Waals surface area (Å²) in [5, 5.41) is 19.1. The fraction of sp³-hybridized carbons (Fsp3) is 0.333. The van der Waals surface area contributed by atoms with Gasteiger partial charge in [0.1, 0.15) is 20.9 Å². The number of aromatic nitrogens is 4. The van der Waals surface area contributed by atoms with Gasteiger partial charge in [-0.05, 0) is 125 Å². The molecule has 446 valence electrons. The number of ether oxygens (including phenoxy) is 4. The van der Waals surface area contributed by atoms with Crippen LogP contribution < -0.4 is 31.5 Å². The van der Waals surface area contributed by atoms with Crippen molar-refractivity contribution in [3.63, 3.8) is 0 Å². The van der Waals surface area contributed by atoms with Crippen molar-refractivity contribution in [3.05, 3.63) is 152 Å². The van der Waals surface area contributed by atoms with E-state index >= 15 is 0 Å². The first-order valence-corrected chi connectivity index (χ1v) is 29.4. The lowest BCUT2D eigenvalue weighted by atomic mass is 10.1. The SMILES string of the molecule is CN(NC(=O)c1cc2c(NC(=O)c3cccc(CN4CCOCC4)c3)nn(C(=O)OC(C)(C)C)c2s1)c1ccc(Cl)cc1.CN(NC(=O)c1cc2c(NC(=O)c3cccc(CN4CCOCC4)c3)nn(C(=O)OC(C)(C)C)c2s1)c1ccccc1. The summed E-state index contributed by atoms with van der Waals surface area (Å²) < 4.78 is 24.1. The second kappa shape index (κ2) is 26.8. The highest BCUT2D eigenvalue weighted by Gasteiger charge is 2.29. The zero-order valence-corrected chi connectivity index (χ0v) is 50.8. The average molecular weight is 1220 g/mol. The third kappa shape index (κ3) is 16.2. The van der Waals surface area contributed by atoms with Gasteiger partial charge in [-0.3, -0.25) is 49.8 Å². The summed E-state index contributed by atoms with van der Waals surface area (Å²) >= 11 is 8.13. The lowest BCUT2D eigenvalue weighted by Gasteiger charge is -2.26. The van der Waals surface area contributed by atoms with Crippen molar-refractivity contribution >= 4 is 114 Å². The van der Waals surface area contributed by atoms with Gasteiger partial charge in [0.15, 0.2) is 11.6 Å². The number of hydrogen-bond donors (Lipinski definition) is 4. The third-order valence-corrected chi connectivity index (χ3v) is 15.5. The minimum atomic E-state index is -0.779. The van der Waals surface area contributed by atoms with E-state index in [-0.39, 0.29) is 29.4 Å². The maximum absolute atomic E-state index is 13.4. The Kier molecular flexibility index (Phi) is 19.3. The van der Waals surface area contributed by atoms with Crippen LogP contribution in [0.15, 0.2) is 115 Å². The highest BCUT2D eigenvalue weighted by molar-refractivity contribution is 7.21. The van der Waals surface area contributed by atoms with Crippen molar-refractivity contribution in [1.82, 2.24) is 40.2 Å². The smallest absolute Gasteiger partial charge is 0.436 e. The Morgan fingerprint density at radius 1 is 0.541 bits per heavy atom. The molecular formula is C60H67ClN12O10S2. The van der Waals surface area contributed by atoms with Crippen molar-refractivity contribution in [2.75, 3.05) is 87.4 Å². The lowest BCUT2D eigenvalue weighted by molar-refractivity contribution is 0.0341. The molecule has 4 amide bonds. The third-order valence-electron chi connectivity index (χ3n) is 13.1. The van der Waals surface area contributed by atoms with Crippen molar-refractivity contribution in [2.45, 2.75) is 65.8 Å². The fourth-order valence-electron chi connectivity index (χ4n) is 8.96. The Bertz CT molecular complexity index is 3710. The van der Waals surface area contributed by atoms with Crippen LogP contribution in [-0.4, -0.2) is 143 Å². The van der Waals surface area contributed by atoms with Crippen molar-refractivity contribution in [2.24, 2.45) is 0 Å². The molecule has 25 heteroatoms. The predicted molar refractivity (Wildman–Crippen MR) is 329 cm³/mol. The molecule has 0 bridgehead atoms. The molecule has 0 spiro atoms. The second-order valence-corrected chi connectivity index (χ2v) is 24.5. The van der Waals surface area contributed by atoms with Crippen LogP contribution in [0.5, 0.6) is 0 Å². The van der Waals surface area contributed by atoms with Crippen molar-refractivity contribution < 1.29 is 47.7 Å². The van der Waals surface area contributed by atoms with Gasteiger partial charge in [0.05, 0.1) is 58.3 Å². The minimum Gasteiger partial charge on any atom is -0.442 e. The summed E-state index contributed by atoms with van der Waals surface area (Å²) in [5.74, 6) is -1.24. The number of nitrogens with one attached hydrogen (secondary N) is 4. The summed E-state index contributed by atoms with van der Waals surface area (Å²) in [4.78, 5) is 85.2. The Labute approximate surface area is 504 Å². The first kappa shape index (κ1) is 61.3. The second-order valence-electron chi connectivity index (χ2n) is 22.0. The standard InChI is InChI=1S/C30H33ClN6O5S.C30H34N6O5S/c1-30(2,3)42-29(40)37-28-23(17-24(43-28)27(39)34-35(4)22-10-8-21(31)9-11-22)25(33-37)32-26(38)20-7-5-6-19(16-20)18-36-12-14-41-15-13-36;1-30(2,3)41-29(39)36-28-23(18-24(42-28)27(38)33-34(4)22-11-6-5-7-12-22)25(32-36)31-26(37)21-10-8-9-20(17-21)19-35-13-15-40-16-14-35/h5-11,16-17H,12-15,18H2,1-4H3,(H,34,39)(H,32,33,38);5-12,17-18H,13-16,19H2,1-4H3,(H,33,38)(H,31,32,37). The summed E-state index contributed by atoms with van der Waals surface area (Å²) in [6, 6.07) is 34.4. The molecule has 0 unspecified atom stereocenters. The van der Waals surface area contributed by atoms with Gasteiger partial charge < -0.3 is 29.6 Å². The van der Waals surface area contributed by atoms with Gasteiger partial charge in [0.2, 0.25) is 0 Å². The Morgan fingerprint density at radius 2 is 0.941 bits per heavy atom. The van der Waals surface area contributed by atoms with Gasteiger partial charge in [0.25, 0.3) is 23.6 Å². The normalized spacial score (nSPS) is 14.0. The van der Waals surface area contributed by atoms with Gasteiger partial charge in [-0.25, -0.2) is 9.59 Å². The summed E-state index contributed by atoms with van der Waals surface area (Å²) in [7, 11) is 3.44. The number of para-hydroxylation sites is 1. The van der Waals surface area contributed by atoms with Crippen LogP contribution >= 0.6 is 34.3 Å². The maximum Gasteiger partial charge on any atom is 0.436 e. The molecular weight excluding hydrogens is 1150 g/mol. The molecule has 85 heavy (non-hydrogen) atoms. The number of morpholine rings is 2. The zero-order valence-electron chi connectivity index (χ0n) is 48.4. The van der Waals surface area contributed by atoms with E-state index in [1.807, 2.05) is 66.7 Å². The number of carbonyl (C=O) groups excluding carboxylic acids is 6. The van der Waals surface area contributed by atoms with Crippen LogP contribution in [-0.2, 0) is 32.0 Å². The number of rotatable bonds is 14. The van der Waals surface area contributed by atoms with Crippen molar-refractivity contribution in [3.8, 4) is 0 Å². The monoisotopic (exact) mass is 1210 g/mol. The number of nitrogens with zero attached hydrogens (tertiary/aromatic N) is 8. The number of anilines is 4. The molecule has 0 atom stereocenters. The molecule has 0 aliphatic carbocycles. The summed E-state index contributed by atoms with van der Waals surface area (Å²) in [5.41, 5.74) is 8.53. The van der Waals surface area contributed by atoms with Crippen LogP contribution in [0.2, 0.25) is 5.02 Å². The maximum atomic E-state index is 13.4. The Balaban J connectivity index is 0.000000204. The van der Waals surface area contributed by atoms with Crippen LogP contribution in [0.4, 0.5) is 32.6 Å². The molecule has 2 fully saturated rings. The largest absolute Gasteiger partial charge is 0.442 e. The molecule has 2 saturated heterocycles. The molecule has 0 saturated carbocycles. The first-order valence-electron chi connectivity index (χ1n) is 27.4. The average Bonchev–Trinajstić information content (AvgIpc) is 2.10. The van der Waals surface area contributed by atoms with Crippen LogP contribution in [0.3, 0.4) is 0 Å². The molecule has 22 nitrogen and oxygen atoms in total. The zero-order chi connectivity index (χ0) is 60.6. The van der Waals surface area contributed by atoms with E-state index in [1.165, 1.54) is 0 Å². The van der Waals surface area contributed by atoms with E-state index in [1.54, 1.807) is 114 Å². The van der Waals surface area contributed by atoms with Gasteiger partial charge in [-0.2, -0.15) is 9.36 Å². The quantitative estimate of drug-likeness (QED) is 0.0741. The highest BCUT2D eigenvalue weighted by atomic mass is 35.5. The number of thiophene rings is 2. The molecule has 8 aromatic rings. The lowest BCUT2D eigenvalue weighted by Crippen LogP contribution is -2.38. The van der Waals surface area contributed by atoms with E-state index < -0.39 is 29.3 Å². The number of fused-ring (bicyclic) bond motifs is 2. The highest BCUT2D eigenvalue weighted by Crippen LogP contribution is 2.35.